The van der Waals surface area contributed by atoms with Crippen LogP contribution in [0.5, 0.6) is 0 Å². The third kappa shape index (κ3) is 13.5. The highest BCUT2D eigenvalue weighted by atomic mass is 32.1. The van der Waals surface area contributed by atoms with Crippen molar-refractivity contribution in [3.63, 3.8) is 0 Å². The summed E-state index contributed by atoms with van der Waals surface area (Å²) in [6.07, 6.45) is 15.1. The largest absolute Gasteiger partial charge is 0.456 e. The van der Waals surface area contributed by atoms with E-state index < -0.39 is 0 Å². The zero-order valence-electron chi connectivity index (χ0n) is 36.0. The molecular weight excluding hydrogens is 769 g/mol. The van der Waals surface area contributed by atoms with Gasteiger partial charge in [0.15, 0.2) is 0 Å². The maximum Gasteiger partial charge on any atom is 0.136 e. The van der Waals surface area contributed by atoms with Crippen molar-refractivity contribution in [2.75, 3.05) is 0 Å². The number of benzene rings is 4. The number of fused-ring (bicyclic) bond motifs is 6. The molecule has 0 bridgehead atoms. The molecule has 0 saturated heterocycles. The maximum absolute atomic E-state index is 6.07. The van der Waals surface area contributed by atoms with E-state index >= 15 is 0 Å². The van der Waals surface area contributed by atoms with Crippen molar-refractivity contribution >= 4 is 53.4 Å². The standard InChI is InChI=1S/C30H24O.C30H24S/c2*1-21(2)7-9-23(5)11-13-25-15-17-27-28-18-16-26(20-30(28)31-29(27)19-25)14-12-24(6)10-8-22(3)4/h2*7-10,15-20H,1,3,5-6H2,2,4H3/b2*9-7-,10-8-. The van der Waals surface area contributed by atoms with Crippen LogP contribution in [0.1, 0.15) is 49.9 Å². The molecule has 0 aliphatic rings. The number of furan rings is 1. The van der Waals surface area contributed by atoms with E-state index in [4.69, 9.17) is 4.42 Å². The second-order valence-corrected chi connectivity index (χ2v) is 16.0. The fourth-order valence-corrected chi connectivity index (χ4v) is 6.80. The molecule has 300 valence electrons. The highest BCUT2D eigenvalue weighted by Crippen LogP contribution is 2.35. The first-order valence-corrected chi connectivity index (χ1v) is 20.6. The molecule has 0 aliphatic carbocycles. The van der Waals surface area contributed by atoms with Crippen LogP contribution >= 0.6 is 11.3 Å². The molecule has 0 radical (unpaired) electrons. The Hall–Kier alpha value is -7.98. The zero-order valence-corrected chi connectivity index (χ0v) is 36.8. The summed E-state index contributed by atoms with van der Waals surface area (Å²) in [6.45, 7) is 39.0. The van der Waals surface area contributed by atoms with E-state index in [9.17, 15) is 0 Å². The monoisotopic (exact) mass is 816 g/mol. The summed E-state index contributed by atoms with van der Waals surface area (Å²) in [5, 5.41) is 4.57. The average Bonchev–Trinajstić information content (AvgIpc) is 3.79. The van der Waals surface area contributed by atoms with Crippen LogP contribution in [0, 0.1) is 47.4 Å². The molecule has 0 saturated carbocycles. The van der Waals surface area contributed by atoms with Crippen LogP contribution in [0.4, 0.5) is 0 Å². The van der Waals surface area contributed by atoms with Gasteiger partial charge in [0.2, 0.25) is 0 Å². The van der Waals surface area contributed by atoms with Gasteiger partial charge in [-0.15, -0.1) is 11.3 Å². The zero-order chi connectivity index (χ0) is 44.8. The molecule has 6 aromatic rings. The molecule has 6 rings (SSSR count). The van der Waals surface area contributed by atoms with E-state index in [0.717, 1.165) is 88.8 Å². The molecule has 1 nitrogen and oxygen atoms in total. The van der Waals surface area contributed by atoms with Crippen molar-refractivity contribution in [1.29, 1.82) is 0 Å². The van der Waals surface area contributed by atoms with Crippen LogP contribution in [0.2, 0.25) is 0 Å². The van der Waals surface area contributed by atoms with Crippen molar-refractivity contribution in [2.45, 2.75) is 27.7 Å². The first-order chi connectivity index (χ1) is 29.6. The van der Waals surface area contributed by atoms with E-state index in [2.05, 4.69) is 136 Å². The summed E-state index contributed by atoms with van der Waals surface area (Å²) in [4.78, 5) is 0. The predicted octanol–water partition coefficient (Wildman–Crippen LogP) is 15.8. The number of hydrogen-bond acceptors (Lipinski definition) is 2. The molecule has 2 heterocycles. The van der Waals surface area contributed by atoms with Gasteiger partial charge in [-0.3, -0.25) is 0 Å². The van der Waals surface area contributed by atoms with Crippen molar-refractivity contribution in [1.82, 2.24) is 0 Å². The van der Waals surface area contributed by atoms with Crippen LogP contribution in [0.15, 0.2) is 223 Å². The fourth-order valence-electron chi connectivity index (χ4n) is 5.61. The summed E-state index contributed by atoms with van der Waals surface area (Å²) in [7, 11) is 0. The lowest BCUT2D eigenvalue weighted by atomic mass is 10.1. The van der Waals surface area contributed by atoms with Gasteiger partial charge in [0.05, 0.1) is 0 Å². The second kappa shape index (κ2) is 21.3. The van der Waals surface area contributed by atoms with Crippen LogP contribution in [-0.2, 0) is 0 Å². The molecule has 0 amide bonds. The summed E-state index contributed by atoms with van der Waals surface area (Å²) in [5.41, 5.74) is 12.2. The summed E-state index contributed by atoms with van der Waals surface area (Å²) < 4.78 is 8.50. The lowest BCUT2D eigenvalue weighted by Crippen LogP contribution is -1.76. The normalized spacial score (nSPS) is 10.6. The molecule has 2 aromatic heterocycles. The molecule has 4 aromatic carbocycles. The average molecular weight is 817 g/mol. The van der Waals surface area contributed by atoms with Crippen LogP contribution < -0.4 is 0 Å². The molecule has 0 atom stereocenters. The van der Waals surface area contributed by atoms with Gasteiger partial charge in [0, 0.05) is 75.5 Å². The van der Waals surface area contributed by atoms with Crippen LogP contribution in [0.3, 0.4) is 0 Å². The Labute approximate surface area is 372 Å². The van der Waals surface area contributed by atoms with Crippen LogP contribution in [0.25, 0.3) is 42.1 Å². The van der Waals surface area contributed by atoms with Gasteiger partial charge in [-0.05, 0) is 113 Å². The molecule has 0 unspecified atom stereocenters. The molecule has 0 fully saturated rings. The Kier molecular flexibility index (Phi) is 15.5. The van der Waals surface area contributed by atoms with Crippen molar-refractivity contribution in [2.24, 2.45) is 0 Å². The third-order valence-corrected chi connectivity index (χ3v) is 9.81. The SMILES string of the molecule is C=C(C)/C=C\C(=C)C#Cc1ccc2c(c1)oc1cc(C#CC(=C)/C=C\C(=C)C)ccc12.C=C(C)/C=C\C(=C)C#Cc1ccc2c(c1)sc1cc(C#CC(=C)/C=C\C(=C)C)ccc12. The Morgan fingerprint density at radius 1 is 0.387 bits per heavy atom. The van der Waals surface area contributed by atoms with E-state index in [1.807, 2.05) is 113 Å². The Morgan fingerprint density at radius 2 is 0.661 bits per heavy atom. The summed E-state index contributed by atoms with van der Waals surface area (Å²) in [5.74, 6) is 25.0. The Balaban J connectivity index is 0.000000234. The smallest absolute Gasteiger partial charge is 0.136 e. The quantitative estimate of drug-likeness (QED) is 0.110. The molecule has 0 spiro atoms. The van der Waals surface area contributed by atoms with Crippen molar-refractivity contribution in [3.8, 4) is 47.4 Å². The predicted molar refractivity (Wildman–Crippen MR) is 273 cm³/mol. The van der Waals surface area contributed by atoms with Gasteiger partial charge in [-0.1, -0.05) is 159 Å². The van der Waals surface area contributed by atoms with Gasteiger partial charge in [-0.2, -0.15) is 0 Å². The Morgan fingerprint density at radius 3 is 0.952 bits per heavy atom. The molecule has 2 heteroatoms. The highest BCUT2D eigenvalue weighted by Gasteiger charge is 2.08. The Bertz CT molecular complexity index is 2830. The van der Waals surface area contributed by atoms with Crippen molar-refractivity contribution in [3.05, 3.63) is 241 Å². The molecule has 0 aliphatic heterocycles. The van der Waals surface area contributed by atoms with E-state index in [-0.39, 0.29) is 0 Å². The van der Waals surface area contributed by atoms with Gasteiger partial charge < -0.3 is 4.42 Å². The minimum Gasteiger partial charge on any atom is -0.456 e. The number of rotatable bonds is 8. The molecular formula is C60H48OS. The number of allylic oxidation sites excluding steroid dienone is 16. The third-order valence-electron chi connectivity index (χ3n) is 8.69. The van der Waals surface area contributed by atoms with Gasteiger partial charge in [-0.25, -0.2) is 0 Å². The topological polar surface area (TPSA) is 13.1 Å². The summed E-state index contributed by atoms with van der Waals surface area (Å²) >= 11 is 1.76. The lowest BCUT2D eigenvalue weighted by Gasteiger charge is -1.94. The first-order valence-electron chi connectivity index (χ1n) is 19.7. The van der Waals surface area contributed by atoms with E-state index in [1.54, 1.807) is 11.3 Å². The molecule has 0 N–H and O–H groups in total. The van der Waals surface area contributed by atoms with Gasteiger partial charge in [0.25, 0.3) is 0 Å². The van der Waals surface area contributed by atoms with Gasteiger partial charge in [0.1, 0.15) is 11.2 Å². The first kappa shape index (κ1) is 45.1. The van der Waals surface area contributed by atoms with E-state index in [0.29, 0.717) is 0 Å². The van der Waals surface area contributed by atoms with Crippen LogP contribution in [-0.4, -0.2) is 0 Å². The van der Waals surface area contributed by atoms with Crippen molar-refractivity contribution < 1.29 is 4.42 Å². The van der Waals surface area contributed by atoms with Gasteiger partial charge >= 0.3 is 0 Å². The highest BCUT2D eigenvalue weighted by molar-refractivity contribution is 7.25. The second-order valence-electron chi connectivity index (χ2n) is 14.9. The summed E-state index contributed by atoms with van der Waals surface area (Å²) in [6, 6.07) is 24.6. The maximum atomic E-state index is 6.07. The minimum atomic E-state index is 0.732. The van der Waals surface area contributed by atoms with E-state index in [1.165, 1.54) is 20.2 Å². The lowest BCUT2D eigenvalue weighted by molar-refractivity contribution is 0.668. The minimum absolute atomic E-state index is 0.732. The molecule has 62 heavy (non-hydrogen) atoms. The number of thiophene rings is 1. The fraction of sp³-hybridized carbons (Fsp3) is 0.0667. The number of hydrogen-bond donors (Lipinski definition) is 0.